The second-order valence-electron chi connectivity index (χ2n) is 14.9. The molecule has 3 aromatic heterocycles. The van der Waals surface area contributed by atoms with Crippen LogP contribution >= 0.6 is 0 Å². The zero-order valence-electron chi connectivity index (χ0n) is 29.4. The first-order valence-electron chi connectivity index (χ1n) is 18.3. The van der Waals surface area contributed by atoms with E-state index in [1.54, 1.807) is 0 Å². The average molecular weight is 683 g/mol. The molecule has 5 nitrogen and oxygen atoms in total. The van der Waals surface area contributed by atoms with Gasteiger partial charge in [-0.3, -0.25) is 4.57 Å². The SMILES string of the molecule is CC1(C)c2c(ccc3c4ccccc4n(-c4nc(-c5cccc(-c6ccccc6)c5)nc(-c5ccc6oc7ccccc7c6c5)n4)c23)C2C=CC=CC21. The Bertz CT molecular complexity index is 3000. The summed E-state index contributed by atoms with van der Waals surface area (Å²) >= 11 is 0. The maximum absolute atomic E-state index is 6.21. The Hall–Kier alpha value is -6.59. The summed E-state index contributed by atoms with van der Waals surface area (Å²) in [4.78, 5) is 16.0. The van der Waals surface area contributed by atoms with Crippen molar-refractivity contribution in [2.24, 2.45) is 5.92 Å². The van der Waals surface area contributed by atoms with Crippen molar-refractivity contribution in [2.75, 3.05) is 0 Å². The van der Waals surface area contributed by atoms with Crippen LogP contribution in [0.25, 0.3) is 83.6 Å². The normalized spacial score (nSPS) is 17.2. The first-order valence-corrected chi connectivity index (χ1v) is 18.3. The summed E-state index contributed by atoms with van der Waals surface area (Å²) in [7, 11) is 0. The molecule has 0 saturated heterocycles. The number of hydrogen-bond donors (Lipinski definition) is 0. The Labute approximate surface area is 306 Å². The number of allylic oxidation sites excluding steroid dienone is 4. The van der Waals surface area contributed by atoms with Crippen LogP contribution < -0.4 is 0 Å². The van der Waals surface area contributed by atoms with E-state index in [0.717, 1.165) is 49.7 Å². The van der Waals surface area contributed by atoms with Crippen molar-refractivity contribution in [1.29, 1.82) is 0 Å². The molecular weight excluding hydrogens is 649 g/mol. The molecule has 0 saturated carbocycles. The van der Waals surface area contributed by atoms with Gasteiger partial charge in [0.1, 0.15) is 11.2 Å². The van der Waals surface area contributed by atoms with Gasteiger partial charge in [0.15, 0.2) is 11.6 Å². The smallest absolute Gasteiger partial charge is 0.238 e. The van der Waals surface area contributed by atoms with E-state index in [0.29, 0.717) is 29.4 Å². The molecule has 5 heteroatoms. The zero-order chi connectivity index (χ0) is 35.3. The highest BCUT2D eigenvalue weighted by Crippen LogP contribution is 2.56. The van der Waals surface area contributed by atoms with Crippen LogP contribution in [0.3, 0.4) is 0 Å². The van der Waals surface area contributed by atoms with Crippen LogP contribution in [0.4, 0.5) is 0 Å². The van der Waals surface area contributed by atoms with E-state index in [-0.39, 0.29) is 5.41 Å². The van der Waals surface area contributed by atoms with Crippen LogP contribution in [-0.2, 0) is 5.41 Å². The quantitative estimate of drug-likeness (QED) is 0.185. The summed E-state index contributed by atoms with van der Waals surface area (Å²) in [5.74, 6) is 2.52. The third-order valence-corrected chi connectivity index (χ3v) is 11.5. The first kappa shape index (κ1) is 30.1. The molecule has 3 heterocycles. The summed E-state index contributed by atoms with van der Waals surface area (Å²) in [5, 5.41) is 4.50. The molecule has 11 rings (SSSR count). The number of benzene rings is 6. The zero-order valence-corrected chi connectivity index (χ0v) is 29.4. The van der Waals surface area contributed by atoms with Crippen molar-refractivity contribution in [2.45, 2.75) is 25.2 Å². The fraction of sp³-hybridized carbons (Fsp3) is 0.104. The van der Waals surface area contributed by atoms with E-state index in [4.69, 9.17) is 19.4 Å². The lowest BCUT2D eigenvalue weighted by molar-refractivity contribution is 0.396. The summed E-state index contributed by atoms with van der Waals surface area (Å²) in [6.45, 7) is 4.79. The monoisotopic (exact) mass is 682 g/mol. The van der Waals surface area contributed by atoms with E-state index in [2.05, 4.69) is 146 Å². The van der Waals surface area contributed by atoms with Crippen LogP contribution in [0.2, 0.25) is 0 Å². The molecule has 2 aliphatic rings. The van der Waals surface area contributed by atoms with Gasteiger partial charge in [-0.15, -0.1) is 0 Å². The van der Waals surface area contributed by atoms with Gasteiger partial charge >= 0.3 is 0 Å². The Kier molecular flexibility index (Phi) is 6.36. The maximum atomic E-state index is 6.21. The van der Waals surface area contributed by atoms with Gasteiger partial charge in [0, 0.05) is 38.6 Å². The molecule has 0 bridgehead atoms. The van der Waals surface area contributed by atoms with Gasteiger partial charge in [0.2, 0.25) is 5.95 Å². The van der Waals surface area contributed by atoms with E-state index in [1.807, 2.05) is 30.3 Å². The van der Waals surface area contributed by atoms with Gasteiger partial charge < -0.3 is 4.42 Å². The molecule has 53 heavy (non-hydrogen) atoms. The molecule has 0 spiro atoms. The van der Waals surface area contributed by atoms with E-state index in [1.165, 1.54) is 27.4 Å². The highest BCUT2D eigenvalue weighted by molar-refractivity contribution is 6.11. The number of fused-ring (bicyclic) bond motifs is 10. The average Bonchev–Trinajstić information content (AvgIpc) is 3.83. The Morgan fingerprint density at radius 2 is 1.25 bits per heavy atom. The summed E-state index contributed by atoms with van der Waals surface area (Å²) in [6, 6.07) is 46.7. The first-order chi connectivity index (χ1) is 26.0. The van der Waals surface area contributed by atoms with Crippen LogP contribution in [0, 0.1) is 5.92 Å². The number of rotatable bonds is 4. The van der Waals surface area contributed by atoms with Crippen molar-refractivity contribution < 1.29 is 4.42 Å². The number of aromatic nitrogens is 4. The highest BCUT2D eigenvalue weighted by atomic mass is 16.3. The Morgan fingerprint density at radius 3 is 2.11 bits per heavy atom. The van der Waals surface area contributed by atoms with Gasteiger partial charge in [-0.1, -0.05) is 135 Å². The molecule has 9 aromatic rings. The lowest BCUT2D eigenvalue weighted by Crippen LogP contribution is -2.25. The predicted molar refractivity (Wildman–Crippen MR) is 215 cm³/mol. The van der Waals surface area contributed by atoms with E-state index < -0.39 is 0 Å². The molecule has 0 N–H and O–H groups in total. The van der Waals surface area contributed by atoms with Crippen molar-refractivity contribution in [3.8, 4) is 39.9 Å². The Morgan fingerprint density at radius 1 is 0.547 bits per heavy atom. The standard InChI is InChI=1S/C48H34N4O/c1-48(2)39-20-9-6-17-33(39)36-24-25-37-34-18-7-10-21-40(34)52(44(37)43(36)48)47-50-45(31-16-12-15-30(27-31)29-13-4-3-5-14-29)49-46(51-47)32-23-26-42-38(28-32)35-19-8-11-22-41(35)53-42/h3-28,33,39H,1-2H3. The molecule has 2 unspecified atom stereocenters. The molecule has 0 radical (unpaired) electrons. The van der Waals surface area contributed by atoms with E-state index in [9.17, 15) is 0 Å². The molecule has 2 aliphatic carbocycles. The Balaban J connectivity index is 1.21. The minimum Gasteiger partial charge on any atom is -0.456 e. The third kappa shape index (κ3) is 4.47. The van der Waals surface area contributed by atoms with Crippen LogP contribution in [0.1, 0.15) is 30.9 Å². The fourth-order valence-electron chi connectivity index (χ4n) is 9.05. The van der Waals surface area contributed by atoms with Crippen LogP contribution in [0.5, 0.6) is 0 Å². The summed E-state index contributed by atoms with van der Waals surface area (Å²) in [5.41, 5.74) is 10.6. The third-order valence-electron chi connectivity index (χ3n) is 11.5. The summed E-state index contributed by atoms with van der Waals surface area (Å²) in [6.07, 6.45) is 9.15. The van der Waals surface area contributed by atoms with Gasteiger partial charge in [0.05, 0.1) is 11.0 Å². The molecule has 0 amide bonds. The van der Waals surface area contributed by atoms with Crippen LogP contribution in [0.15, 0.2) is 162 Å². The van der Waals surface area contributed by atoms with Crippen LogP contribution in [-0.4, -0.2) is 19.5 Å². The molecule has 252 valence electrons. The van der Waals surface area contributed by atoms with E-state index >= 15 is 0 Å². The van der Waals surface area contributed by atoms with Crippen molar-refractivity contribution in [3.63, 3.8) is 0 Å². The molecular formula is C48H34N4O. The number of furan rings is 1. The van der Waals surface area contributed by atoms with Crippen molar-refractivity contribution in [1.82, 2.24) is 19.5 Å². The highest BCUT2D eigenvalue weighted by Gasteiger charge is 2.46. The van der Waals surface area contributed by atoms with Crippen molar-refractivity contribution in [3.05, 3.63) is 169 Å². The van der Waals surface area contributed by atoms with Gasteiger partial charge in [-0.2, -0.15) is 9.97 Å². The topological polar surface area (TPSA) is 56.7 Å². The minimum absolute atomic E-state index is 0.122. The lowest BCUT2D eigenvalue weighted by Gasteiger charge is -2.30. The van der Waals surface area contributed by atoms with Crippen molar-refractivity contribution >= 4 is 43.7 Å². The molecule has 0 aliphatic heterocycles. The second kappa shape index (κ2) is 11.2. The predicted octanol–water partition coefficient (Wildman–Crippen LogP) is 12.0. The maximum Gasteiger partial charge on any atom is 0.238 e. The van der Waals surface area contributed by atoms with Gasteiger partial charge in [0.25, 0.3) is 0 Å². The molecule has 2 atom stereocenters. The van der Waals surface area contributed by atoms with Gasteiger partial charge in [-0.25, -0.2) is 4.98 Å². The minimum atomic E-state index is -0.122. The second-order valence-corrected chi connectivity index (χ2v) is 14.9. The number of para-hydroxylation sites is 2. The van der Waals surface area contributed by atoms with Gasteiger partial charge in [-0.05, 0) is 70.0 Å². The summed E-state index contributed by atoms with van der Waals surface area (Å²) < 4.78 is 8.51. The number of nitrogens with zero attached hydrogens (tertiary/aromatic N) is 4. The molecule has 0 fully saturated rings. The fourth-order valence-corrected chi connectivity index (χ4v) is 9.05. The largest absolute Gasteiger partial charge is 0.456 e. The lowest BCUT2D eigenvalue weighted by atomic mass is 9.74. The number of hydrogen-bond acceptors (Lipinski definition) is 4. The molecule has 6 aromatic carbocycles.